The largest absolute Gasteiger partial charge is 0.508 e. The second-order valence-corrected chi connectivity index (χ2v) is 8.42. The summed E-state index contributed by atoms with van der Waals surface area (Å²) in [6.45, 7) is 6.05. The average molecular weight is 333 g/mol. The van der Waals surface area contributed by atoms with Crippen molar-refractivity contribution in [3.05, 3.63) is 65.2 Å². The van der Waals surface area contributed by atoms with Crippen molar-refractivity contribution in [3.63, 3.8) is 0 Å². The van der Waals surface area contributed by atoms with Gasteiger partial charge in [-0.25, -0.2) is 0 Å². The van der Waals surface area contributed by atoms with E-state index < -0.39 is 0 Å². The quantitative estimate of drug-likeness (QED) is 0.913. The molecule has 0 radical (unpaired) electrons. The zero-order valence-corrected chi connectivity index (χ0v) is 15.0. The number of phenolic OH excluding ortho intramolecular Hbond substituents is 1. The summed E-state index contributed by atoms with van der Waals surface area (Å²) in [7, 11) is 0. The van der Waals surface area contributed by atoms with Crippen molar-refractivity contribution in [3.8, 4) is 5.75 Å². The first-order valence-electron chi connectivity index (χ1n) is 9.79. The van der Waals surface area contributed by atoms with E-state index in [0.717, 1.165) is 17.8 Å². The van der Waals surface area contributed by atoms with Crippen LogP contribution in [-0.2, 0) is 18.3 Å². The molecule has 25 heavy (non-hydrogen) atoms. The maximum atomic E-state index is 9.88. The second-order valence-electron chi connectivity index (χ2n) is 8.42. The van der Waals surface area contributed by atoms with Crippen LogP contribution in [0.1, 0.15) is 30.0 Å². The van der Waals surface area contributed by atoms with Crippen LogP contribution in [-0.4, -0.2) is 29.6 Å². The SMILES string of the molecule is CCC1(c2cccc(O)c2)C2CN(CC3Cc4ccccc4C3)CC21. The van der Waals surface area contributed by atoms with E-state index >= 15 is 0 Å². The lowest BCUT2D eigenvalue weighted by atomic mass is 9.87. The molecule has 0 bridgehead atoms. The Morgan fingerprint density at radius 3 is 2.28 bits per heavy atom. The summed E-state index contributed by atoms with van der Waals surface area (Å²) < 4.78 is 0. The van der Waals surface area contributed by atoms with Gasteiger partial charge in [-0.05, 0) is 65.8 Å². The molecule has 2 heteroatoms. The lowest BCUT2D eigenvalue weighted by molar-refractivity contribution is 0.233. The van der Waals surface area contributed by atoms with Gasteiger partial charge < -0.3 is 10.0 Å². The molecule has 1 N–H and O–H groups in total. The number of fused-ring (bicyclic) bond motifs is 2. The van der Waals surface area contributed by atoms with Crippen molar-refractivity contribution < 1.29 is 5.11 Å². The van der Waals surface area contributed by atoms with Crippen LogP contribution in [0.2, 0.25) is 0 Å². The van der Waals surface area contributed by atoms with Crippen LogP contribution in [0, 0.1) is 17.8 Å². The van der Waals surface area contributed by atoms with E-state index in [1.165, 1.54) is 44.5 Å². The second kappa shape index (κ2) is 5.60. The minimum Gasteiger partial charge on any atom is -0.508 e. The molecule has 0 amide bonds. The van der Waals surface area contributed by atoms with Crippen molar-refractivity contribution in [1.82, 2.24) is 4.90 Å². The van der Waals surface area contributed by atoms with Crippen molar-refractivity contribution in [1.29, 1.82) is 0 Å². The molecule has 130 valence electrons. The molecule has 2 nitrogen and oxygen atoms in total. The topological polar surface area (TPSA) is 23.5 Å². The molecule has 2 unspecified atom stereocenters. The Hall–Kier alpha value is -1.80. The van der Waals surface area contributed by atoms with E-state index in [4.69, 9.17) is 0 Å². The van der Waals surface area contributed by atoms with Gasteiger partial charge in [-0.1, -0.05) is 43.3 Å². The fourth-order valence-corrected chi connectivity index (χ4v) is 6.06. The Morgan fingerprint density at radius 2 is 1.68 bits per heavy atom. The van der Waals surface area contributed by atoms with Crippen LogP contribution in [0.5, 0.6) is 5.75 Å². The van der Waals surface area contributed by atoms with Gasteiger partial charge in [0.2, 0.25) is 0 Å². The number of likely N-dealkylation sites (tertiary alicyclic amines) is 1. The van der Waals surface area contributed by atoms with Gasteiger partial charge in [-0.3, -0.25) is 0 Å². The highest BCUT2D eigenvalue weighted by Crippen LogP contribution is 2.65. The van der Waals surface area contributed by atoms with Crippen LogP contribution in [0.25, 0.3) is 0 Å². The zero-order valence-electron chi connectivity index (χ0n) is 15.0. The fraction of sp³-hybridized carbons (Fsp3) is 0.478. The summed E-state index contributed by atoms with van der Waals surface area (Å²) in [4.78, 5) is 2.71. The van der Waals surface area contributed by atoms with E-state index in [1.54, 1.807) is 17.2 Å². The third-order valence-corrected chi connectivity index (χ3v) is 7.23. The molecule has 1 aliphatic heterocycles. The number of rotatable bonds is 4. The molecule has 2 aliphatic carbocycles. The zero-order chi connectivity index (χ0) is 17.0. The van der Waals surface area contributed by atoms with Gasteiger partial charge >= 0.3 is 0 Å². The molecule has 1 saturated heterocycles. The van der Waals surface area contributed by atoms with Crippen LogP contribution in [0.4, 0.5) is 0 Å². The smallest absolute Gasteiger partial charge is 0.115 e. The molecular formula is C23H27NO. The summed E-state index contributed by atoms with van der Waals surface area (Å²) in [6.07, 6.45) is 3.70. The van der Waals surface area contributed by atoms with Crippen LogP contribution in [0.15, 0.2) is 48.5 Å². The van der Waals surface area contributed by atoms with Crippen molar-refractivity contribution >= 4 is 0 Å². The minimum atomic E-state index is 0.327. The highest BCUT2D eigenvalue weighted by atomic mass is 16.3. The van der Waals surface area contributed by atoms with Gasteiger partial charge in [0.05, 0.1) is 0 Å². The lowest BCUT2D eigenvalue weighted by Gasteiger charge is -2.28. The van der Waals surface area contributed by atoms with E-state index in [-0.39, 0.29) is 0 Å². The predicted molar refractivity (Wildman–Crippen MR) is 101 cm³/mol. The first kappa shape index (κ1) is 15.5. The van der Waals surface area contributed by atoms with Crippen molar-refractivity contribution in [2.24, 2.45) is 17.8 Å². The lowest BCUT2D eigenvalue weighted by Crippen LogP contribution is -2.34. The van der Waals surface area contributed by atoms with Gasteiger partial charge in [-0.15, -0.1) is 0 Å². The van der Waals surface area contributed by atoms with Gasteiger partial charge in [0.15, 0.2) is 0 Å². The normalized spacial score (nSPS) is 31.1. The maximum absolute atomic E-state index is 9.88. The van der Waals surface area contributed by atoms with Crippen LogP contribution in [0.3, 0.4) is 0 Å². The molecular weight excluding hydrogens is 306 g/mol. The van der Waals surface area contributed by atoms with Crippen molar-refractivity contribution in [2.45, 2.75) is 31.6 Å². The van der Waals surface area contributed by atoms with E-state index in [2.05, 4.69) is 42.2 Å². The standard InChI is InChI=1S/C23H27NO/c1-2-23(19-8-5-9-20(25)12-19)21-14-24(15-22(21)23)13-16-10-17-6-3-4-7-18(17)11-16/h3-9,12,16,21-22,25H,2,10-11,13-15H2,1H3. The number of phenols is 1. The van der Waals surface area contributed by atoms with Gasteiger partial charge in [0, 0.05) is 25.0 Å². The maximum Gasteiger partial charge on any atom is 0.115 e. The third-order valence-electron chi connectivity index (χ3n) is 7.23. The molecule has 1 heterocycles. The molecule has 3 aliphatic rings. The Labute approximate surface area is 150 Å². The molecule has 2 fully saturated rings. The third kappa shape index (κ3) is 2.34. The van der Waals surface area contributed by atoms with Crippen LogP contribution < -0.4 is 0 Å². The van der Waals surface area contributed by atoms with E-state index in [0.29, 0.717) is 11.2 Å². The first-order valence-corrected chi connectivity index (χ1v) is 9.79. The molecule has 5 rings (SSSR count). The molecule has 0 spiro atoms. The summed E-state index contributed by atoms with van der Waals surface area (Å²) in [5.74, 6) is 2.77. The highest BCUT2D eigenvalue weighted by molar-refractivity contribution is 5.42. The molecule has 0 aromatic heterocycles. The Kier molecular flexibility index (Phi) is 3.46. The average Bonchev–Trinajstić information content (AvgIpc) is 2.92. The Morgan fingerprint density at radius 1 is 1.00 bits per heavy atom. The first-order chi connectivity index (χ1) is 12.2. The summed E-state index contributed by atoms with van der Waals surface area (Å²) in [5, 5.41) is 9.88. The number of hydrogen-bond donors (Lipinski definition) is 1. The monoisotopic (exact) mass is 333 g/mol. The number of nitrogens with zero attached hydrogens (tertiary/aromatic N) is 1. The van der Waals surface area contributed by atoms with E-state index in [1.807, 2.05) is 12.1 Å². The van der Waals surface area contributed by atoms with Crippen LogP contribution >= 0.6 is 0 Å². The molecule has 2 aromatic rings. The minimum absolute atomic E-state index is 0.327. The van der Waals surface area contributed by atoms with Gasteiger partial charge in [0.25, 0.3) is 0 Å². The predicted octanol–water partition coefficient (Wildman–Crippen LogP) is 4.02. The highest BCUT2D eigenvalue weighted by Gasteiger charge is 2.67. The molecule has 2 aromatic carbocycles. The molecule has 2 atom stereocenters. The number of piperidine rings is 1. The van der Waals surface area contributed by atoms with Crippen molar-refractivity contribution in [2.75, 3.05) is 19.6 Å². The summed E-state index contributed by atoms with van der Waals surface area (Å²) in [5.41, 5.74) is 4.82. The fourth-order valence-electron chi connectivity index (χ4n) is 6.06. The number of hydrogen-bond acceptors (Lipinski definition) is 2. The Bertz CT molecular complexity index is 761. The summed E-state index contributed by atoms with van der Waals surface area (Å²) >= 11 is 0. The Balaban J connectivity index is 1.25. The number of benzene rings is 2. The number of aromatic hydroxyl groups is 1. The van der Waals surface area contributed by atoms with Gasteiger partial charge in [-0.2, -0.15) is 0 Å². The summed E-state index contributed by atoms with van der Waals surface area (Å²) in [6, 6.07) is 17.0. The van der Waals surface area contributed by atoms with E-state index in [9.17, 15) is 5.11 Å². The molecule has 1 saturated carbocycles. The van der Waals surface area contributed by atoms with Gasteiger partial charge in [0.1, 0.15) is 5.75 Å².